The van der Waals surface area contributed by atoms with Gasteiger partial charge in [0.25, 0.3) is 5.69 Å². The number of nitro groups is 1. The van der Waals surface area contributed by atoms with Crippen molar-refractivity contribution in [3.05, 3.63) is 27.8 Å². The standard InChI is InChI=1S/C12H12F3N3O6S/c13-12(14,15)7-5-10(18(21)22)8(16-11(19)20)6-9(7)17-1-3-25(23,24)4-2-17/h5-6,16H,1-4H2,(H,19,20). The molecule has 13 heteroatoms. The van der Waals surface area contributed by atoms with Crippen LogP contribution in [0, 0.1) is 10.1 Å². The van der Waals surface area contributed by atoms with Crippen LogP contribution in [0.3, 0.4) is 0 Å². The summed E-state index contributed by atoms with van der Waals surface area (Å²) in [6.07, 6.45) is -6.63. The van der Waals surface area contributed by atoms with Gasteiger partial charge in [0.2, 0.25) is 0 Å². The van der Waals surface area contributed by atoms with E-state index in [4.69, 9.17) is 5.11 Å². The van der Waals surface area contributed by atoms with Crippen molar-refractivity contribution in [2.45, 2.75) is 6.18 Å². The van der Waals surface area contributed by atoms with Crippen LogP contribution in [0.2, 0.25) is 0 Å². The highest BCUT2D eigenvalue weighted by atomic mass is 32.2. The number of hydrogen-bond acceptors (Lipinski definition) is 6. The Bertz CT molecular complexity index is 810. The maximum atomic E-state index is 13.3. The normalized spacial score (nSPS) is 17.2. The van der Waals surface area contributed by atoms with Gasteiger partial charge >= 0.3 is 12.3 Å². The predicted molar refractivity (Wildman–Crippen MR) is 80.6 cm³/mol. The number of nitro benzene ring substituents is 1. The number of anilines is 2. The van der Waals surface area contributed by atoms with Gasteiger partial charge in [-0.25, -0.2) is 13.2 Å². The van der Waals surface area contributed by atoms with Gasteiger partial charge in [-0.2, -0.15) is 13.2 Å². The Morgan fingerprint density at radius 1 is 1.28 bits per heavy atom. The van der Waals surface area contributed by atoms with E-state index in [0.717, 1.165) is 4.90 Å². The minimum Gasteiger partial charge on any atom is -0.465 e. The minimum atomic E-state index is -4.95. The molecule has 0 unspecified atom stereocenters. The summed E-state index contributed by atoms with van der Waals surface area (Å²) in [5.41, 5.74) is -3.54. The van der Waals surface area contributed by atoms with Crippen molar-refractivity contribution in [1.29, 1.82) is 0 Å². The first kappa shape index (κ1) is 18.8. The molecule has 1 fully saturated rings. The summed E-state index contributed by atoms with van der Waals surface area (Å²) in [5.74, 6) is -0.744. The molecular formula is C12H12F3N3O6S. The molecular weight excluding hydrogens is 371 g/mol. The molecule has 9 nitrogen and oxygen atoms in total. The van der Waals surface area contributed by atoms with Crippen LogP contribution in [-0.2, 0) is 16.0 Å². The van der Waals surface area contributed by atoms with E-state index in [9.17, 15) is 36.5 Å². The fourth-order valence-corrected chi connectivity index (χ4v) is 3.59. The van der Waals surface area contributed by atoms with E-state index < -0.39 is 49.7 Å². The van der Waals surface area contributed by atoms with Crippen molar-refractivity contribution < 1.29 is 36.4 Å². The zero-order chi connectivity index (χ0) is 19.0. The van der Waals surface area contributed by atoms with Crippen molar-refractivity contribution in [2.24, 2.45) is 0 Å². The zero-order valence-electron chi connectivity index (χ0n) is 12.4. The van der Waals surface area contributed by atoms with Crippen LogP contribution in [0.15, 0.2) is 12.1 Å². The number of halogens is 3. The van der Waals surface area contributed by atoms with Crippen LogP contribution >= 0.6 is 0 Å². The Morgan fingerprint density at radius 3 is 2.28 bits per heavy atom. The molecule has 0 aromatic heterocycles. The van der Waals surface area contributed by atoms with Crippen LogP contribution in [-0.4, -0.2) is 49.1 Å². The van der Waals surface area contributed by atoms with E-state index in [-0.39, 0.29) is 30.7 Å². The third-order valence-electron chi connectivity index (χ3n) is 3.54. The Balaban J connectivity index is 2.59. The highest BCUT2D eigenvalue weighted by Crippen LogP contribution is 2.42. The lowest BCUT2D eigenvalue weighted by molar-refractivity contribution is -0.384. The molecule has 0 bridgehead atoms. The molecule has 0 saturated carbocycles. The number of nitrogens with one attached hydrogen (secondary N) is 1. The summed E-state index contributed by atoms with van der Waals surface area (Å²) in [7, 11) is -3.36. The van der Waals surface area contributed by atoms with Crippen LogP contribution in [0.4, 0.5) is 35.0 Å². The third-order valence-corrected chi connectivity index (χ3v) is 5.15. The van der Waals surface area contributed by atoms with Crippen LogP contribution in [0.25, 0.3) is 0 Å². The smallest absolute Gasteiger partial charge is 0.418 e. The number of nitrogens with zero attached hydrogens (tertiary/aromatic N) is 2. The monoisotopic (exact) mass is 383 g/mol. The minimum absolute atomic E-state index is 0.240. The predicted octanol–water partition coefficient (Wildman–Crippen LogP) is 1.94. The number of carboxylic acid groups (broad SMARTS) is 1. The summed E-state index contributed by atoms with van der Waals surface area (Å²) < 4.78 is 62.7. The van der Waals surface area contributed by atoms with E-state index >= 15 is 0 Å². The quantitative estimate of drug-likeness (QED) is 0.602. The van der Waals surface area contributed by atoms with Gasteiger partial charge in [-0.1, -0.05) is 0 Å². The second-order valence-corrected chi connectivity index (χ2v) is 7.51. The van der Waals surface area contributed by atoms with Gasteiger partial charge in [0.05, 0.1) is 27.7 Å². The van der Waals surface area contributed by atoms with Gasteiger partial charge < -0.3 is 10.0 Å². The maximum Gasteiger partial charge on any atom is 0.418 e. The summed E-state index contributed by atoms with van der Waals surface area (Å²) in [5, 5.41) is 21.4. The largest absolute Gasteiger partial charge is 0.465 e. The van der Waals surface area contributed by atoms with Crippen molar-refractivity contribution >= 4 is 33.0 Å². The zero-order valence-corrected chi connectivity index (χ0v) is 13.2. The van der Waals surface area contributed by atoms with Crippen molar-refractivity contribution in [2.75, 3.05) is 34.8 Å². The molecule has 0 radical (unpaired) electrons. The number of sulfone groups is 1. The molecule has 0 aliphatic carbocycles. The Kier molecular flexibility index (Phi) is 4.79. The number of hydrogen-bond donors (Lipinski definition) is 2. The molecule has 2 rings (SSSR count). The lowest BCUT2D eigenvalue weighted by Crippen LogP contribution is -2.41. The molecule has 1 saturated heterocycles. The third kappa shape index (κ3) is 4.29. The Labute approximate surface area is 139 Å². The van der Waals surface area contributed by atoms with Gasteiger partial charge in [-0.3, -0.25) is 15.4 Å². The molecule has 1 aliphatic rings. The summed E-state index contributed by atoms with van der Waals surface area (Å²) >= 11 is 0. The number of alkyl halides is 3. The van der Waals surface area contributed by atoms with Gasteiger partial charge in [-0.05, 0) is 6.07 Å². The fraction of sp³-hybridized carbons (Fsp3) is 0.417. The van der Waals surface area contributed by atoms with Gasteiger partial charge in [-0.15, -0.1) is 0 Å². The molecule has 0 atom stereocenters. The highest BCUT2D eigenvalue weighted by molar-refractivity contribution is 7.91. The number of rotatable bonds is 3. The second-order valence-electron chi connectivity index (χ2n) is 5.21. The fourth-order valence-electron chi connectivity index (χ4n) is 2.39. The van der Waals surface area contributed by atoms with E-state index in [2.05, 4.69) is 0 Å². The summed E-state index contributed by atoms with van der Waals surface area (Å²) in [6.45, 7) is -0.481. The van der Waals surface area contributed by atoms with E-state index in [0.29, 0.717) is 6.07 Å². The molecule has 1 aliphatic heterocycles. The molecule has 1 aromatic rings. The molecule has 0 spiro atoms. The number of benzene rings is 1. The van der Waals surface area contributed by atoms with Crippen molar-refractivity contribution in [3.63, 3.8) is 0 Å². The number of carbonyl (C=O) groups is 1. The topological polar surface area (TPSA) is 130 Å². The first-order chi connectivity index (χ1) is 11.4. The van der Waals surface area contributed by atoms with Crippen LogP contribution in [0.5, 0.6) is 0 Å². The molecule has 25 heavy (non-hydrogen) atoms. The SMILES string of the molecule is O=C(O)Nc1cc(N2CCS(=O)(=O)CC2)c(C(F)(F)F)cc1[N+](=O)[O-]. The average molecular weight is 383 g/mol. The Morgan fingerprint density at radius 2 is 1.84 bits per heavy atom. The first-order valence-corrected chi connectivity index (χ1v) is 8.58. The summed E-state index contributed by atoms with van der Waals surface area (Å²) in [6, 6.07) is 0.941. The van der Waals surface area contributed by atoms with Crippen molar-refractivity contribution in [1.82, 2.24) is 0 Å². The van der Waals surface area contributed by atoms with Crippen molar-refractivity contribution in [3.8, 4) is 0 Å². The lowest BCUT2D eigenvalue weighted by Gasteiger charge is -2.31. The van der Waals surface area contributed by atoms with Gasteiger partial charge in [0.1, 0.15) is 5.69 Å². The van der Waals surface area contributed by atoms with E-state index in [1.807, 2.05) is 0 Å². The van der Waals surface area contributed by atoms with Crippen LogP contribution < -0.4 is 10.2 Å². The summed E-state index contributed by atoms with van der Waals surface area (Å²) in [4.78, 5) is 21.7. The van der Waals surface area contributed by atoms with Gasteiger partial charge in [0, 0.05) is 19.2 Å². The highest BCUT2D eigenvalue weighted by Gasteiger charge is 2.39. The number of amides is 1. The van der Waals surface area contributed by atoms with Crippen LogP contribution in [0.1, 0.15) is 5.56 Å². The Hall–Kier alpha value is -2.57. The van der Waals surface area contributed by atoms with Gasteiger partial charge in [0.15, 0.2) is 9.84 Å². The molecule has 138 valence electrons. The maximum absolute atomic E-state index is 13.3. The molecule has 1 amide bonds. The second kappa shape index (κ2) is 6.38. The molecule has 1 aromatic carbocycles. The van der Waals surface area contributed by atoms with E-state index in [1.165, 1.54) is 0 Å². The average Bonchev–Trinajstić information content (AvgIpc) is 2.44. The lowest BCUT2D eigenvalue weighted by atomic mass is 10.1. The van der Waals surface area contributed by atoms with E-state index in [1.54, 1.807) is 5.32 Å². The molecule has 2 N–H and O–H groups in total. The molecule has 1 heterocycles. The first-order valence-electron chi connectivity index (χ1n) is 6.75.